The van der Waals surface area contributed by atoms with Crippen molar-refractivity contribution in [3.05, 3.63) is 49.6 Å². The third-order valence-corrected chi connectivity index (χ3v) is 6.19. The quantitative estimate of drug-likeness (QED) is 0.853. The Bertz CT molecular complexity index is 757. The number of sulfonamides is 1. The minimum absolute atomic E-state index is 0.0209. The predicted molar refractivity (Wildman–Crippen MR) is 85.5 cm³/mol. The zero-order valence-electron chi connectivity index (χ0n) is 11.1. The highest BCUT2D eigenvalue weighted by molar-refractivity contribution is 7.89. The summed E-state index contributed by atoms with van der Waals surface area (Å²) in [7, 11) is -3.78. The van der Waals surface area contributed by atoms with E-state index in [1.165, 1.54) is 23.5 Å². The molecule has 114 valence electrons. The summed E-state index contributed by atoms with van der Waals surface area (Å²) in [5.41, 5.74) is 1.34. The van der Waals surface area contributed by atoms with Crippen LogP contribution in [-0.2, 0) is 23.2 Å². The number of thiophene rings is 1. The van der Waals surface area contributed by atoms with Crippen LogP contribution < -0.4 is 4.72 Å². The van der Waals surface area contributed by atoms with Gasteiger partial charge in [-0.1, -0.05) is 23.2 Å². The van der Waals surface area contributed by atoms with Crippen molar-refractivity contribution in [1.82, 2.24) is 4.72 Å². The van der Waals surface area contributed by atoms with Crippen molar-refractivity contribution in [2.75, 3.05) is 0 Å². The van der Waals surface area contributed by atoms with E-state index in [0.717, 1.165) is 10.4 Å². The molecule has 0 amide bonds. The second-order valence-corrected chi connectivity index (χ2v) is 7.93. The van der Waals surface area contributed by atoms with Crippen molar-refractivity contribution in [3.63, 3.8) is 0 Å². The monoisotopic (exact) mass is 365 g/mol. The third kappa shape index (κ3) is 3.77. The Hall–Kier alpha value is -0.630. The van der Waals surface area contributed by atoms with E-state index in [1.54, 1.807) is 0 Å². The van der Waals surface area contributed by atoms with Gasteiger partial charge in [0, 0.05) is 16.4 Å². The first kappa shape index (κ1) is 16.7. The molecule has 21 heavy (non-hydrogen) atoms. The summed E-state index contributed by atoms with van der Waals surface area (Å²) in [6.07, 6.45) is 0. The van der Waals surface area contributed by atoms with Gasteiger partial charge in [-0.05, 0) is 41.6 Å². The first-order valence-corrected chi connectivity index (χ1v) is 9.08. The first-order chi connectivity index (χ1) is 9.85. The number of halogens is 2. The molecular formula is C13H13Cl2NO3S2. The first-order valence-electron chi connectivity index (χ1n) is 5.96. The lowest BCUT2D eigenvalue weighted by Gasteiger charge is -2.10. The zero-order valence-corrected chi connectivity index (χ0v) is 14.2. The number of hydrogen-bond donors (Lipinski definition) is 2. The number of hydrogen-bond acceptors (Lipinski definition) is 4. The maximum atomic E-state index is 12.3. The van der Waals surface area contributed by atoms with Crippen LogP contribution in [0.25, 0.3) is 0 Å². The van der Waals surface area contributed by atoms with E-state index < -0.39 is 10.0 Å². The van der Waals surface area contributed by atoms with Gasteiger partial charge in [0.15, 0.2) is 0 Å². The second-order valence-electron chi connectivity index (χ2n) is 4.38. The van der Waals surface area contributed by atoms with Crippen LogP contribution in [0.1, 0.15) is 16.0 Å². The number of aliphatic hydroxyl groups is 1. The fourth-order valence-corrected chi connectivity index (χ4v) is 4.51. The lowest BCUT2D eigenvalue weighted by Crippen LogP contribution is -2.23. The van der Waals surface area contributed by atoms with E-state index in [4.69, 9.17) is 23.2 Å². The third-order valence-electron chi connectivity index (χ3n) is 2.95. The Morgan fingerprint density at radius 2 is 2.00 bits per heavy atom. The van der Waals surface area contributed by atoms with E-state index in [0.29, 0.717) is 5.56 Å². The van der Waals surface area contributed by atoms with Crippen molar-refractivity contribution in [2.45, 2.75) is 25.0 Å². The van der Waals surface area contributed by atoms with Crippen molar-refractivity contribution >= 4 is 44.6 Å². The highest BCUT2D eigenvalue weighted by Crippen LogP contribution is 2.29. The van der Waals surface area contributed by atoms with Crippen LogP contribution in [0, 0.1) is 6.92 Å². The van der Waals surface area contributed by atoms with Gasteiger partial charge in [-0.2, -0.15) is 0 Å². The Kier molecular flexibility index (Phi) is 5.29. The molecule has 0 saturated heterocycles. The van der Waals surface area contributed by atoms with E-state index >= 15 is 0 Å². The van der Waals surface area contributed by atoms with E-state index in [9.17, 15) is 13.5 Å². The molecule has 0 radical (unpaired) electrons. The molecule has 1 aromatic carbocycles. The highest BCUT2D eigenvalue weighted by Gasteiger charge is 2.20. The molecule has 2 aromatic rings. The number of aliphatic hydroxyl groups excluding tert-OH is 1. The van der Waals surface area contributed by atoms with Crippen LogP contribution in [-0.4, -0.2) is 13.5 Å². The van der Waals surface area contributed by atoms with Gasteiger partial charge in [0.1, 0.15) is 4.90 Å². The molecule has 0 spiro atoms. The summed E-state index contributed by atoms with van der Waals surface area (Å²) in [4.78, 5) is 0.845. The fourth-order valence-electron chi connectivity index (χ4n) is 1.72. The smallest absolute Gasteiger partial charge is 0.242 e. The topological polar surface area (TPSA) is 66.4 Å². The molecule has 2 rings (SSSR count). The number of nitrogens with one attached hydrogen (secondary N) is 1. The second kappa shape index (κ2) is 6.64. The van der Waals surface area contributed by atoms with Gasteiger partial charge in [0.2, 0.25) is 10.0 Å². The predicted octanol–water partition coefficient (Wildman–Crippen LogP) is 3.33. The van der Waals surface area contributed by atoms with Crippen molar-refractivity contribution < 1.29 is 13.5 Å². The van der Waals surface area contributed by atoms with Gasteiger partial charge >= 0.3 is 0 Å². The van der Waals surface area contributed by atoms with Crippen molar-refractivity contribution in [1.29, 1.82) is 0 Å². The van der Waals surface area contributed by atoms with E-state index in [2.05, 4.69) is 4.72 Å². The lowest BCUT2D eigenvalue weighted by atomic mass is 10.2. The van der Waals surface area contributed by atoms with Gasteiger partial charge in [-0.3, -0.25) is 0 Å². The summed E-state index contributed by atoms with van der Waals surface area (Å²) in [5.74, 6) is 0. The lowest BCUT2D eigenvalue weighted by molar-refractivity contribution is 0.281. The molecule has 0 aliphatic heterocycles. The van der Waals surface area contributed by atoms with Crippen LogP contribution >= 0.6 is 34.5 Å². The summed E-state index contributed by atoms with van der Waals surface area (Å²) < 4.78 is 27.2. The van der Waals surface area contributed by atoms with Crippen LogP contribution in [0.4, 0.5) is 0 Å². The SMILES string of the molecule is Cc1ccsc1CNS(=O)(=O)c1cc(CO)c(Cl)cc1Cl. The zero-order chi connectivity index (χ0) is 15.6. The molecule has 0 saturated carbocycles. The molecule has 0 fully saturated rings. The van der Waals surface area contributed by atoms with Crippen LogP contribution in [0.5, 0.6) is 0 Å². The van der Waals surface area contributed by atoms with Crippen LogP contribution in [0.3, 0.4) is 0 Å². The minimum Gasteiger partial charge on any atom is -0.392 e. The van der Waals surface area contributed by atoms with Crippen molar-refractivity contribution in [3.8, 4) is 0 Å². The van der Waals surface area contributed by atoms with E-state index in [1.807, 2.05) is 18.4 Å². The summed E-state index contributed by atoms with van der Waals surface area (Å²) in [6, 6.07) is 4.53. The molecule has 2 N–H and O–H groups in total. The maximum Gasteiger partial charge on any atom is 0.242 e. The molecular weight excluding hydrogens is 353 g/mol. The molecule has 1 heterocycles. The summed E-state index contributed by atoms with van der Waals surface area (Å²) >= 11 is 13.3. The van der Waals surface area contributed by atoms with Gasteiger partial charge in [0.25, 0.3) is 0 Å². The normalized spacial score (nSPS) is 11.8. The Labute approximate surface area is 137 Å². The number of aryl methyl sites for hydroxylation is 1. The Morgan fingerprint density at radius 3 is 2.57 bits per heavy atom. The molecule has 8 heteroatoms. The van der Waals surface area contributed by atoms with Gasteiger partial charge < -0.3 is 5.11 Å². The molecule has 0 atom stereocenters. The maximum absolute atomic E-state index is 12.3. The molecule has 0 unspecified atom stereocenters. The Balaban J connectivity index is 2.29. The number of rotatable bonds is 5. The number of benzene rings is 1. The molecule has 0 aliphatic rings. The van der Waals surface area contributed by atoms with E-state index in [-0.39, 0.29) is 28.1 Å². The summed E-state index contributed by atoms with van der Waals surface area (Å²) in [5, 5.41) is 11.3. The van der Waals surface area contributed by atoms with Gasteiger partial charge in [-0.15, -0.1) is 11.3 Å². The molecule has 0 aliphatic carbocycles. The molecule has 4 nitrogen and oxygen atoms in total. The fraction of sp³-hybridized carbons (Fsp3) is 0.231. The molecule has 0 bridgehead atoms. The van der Waals surface area contributed by atoms with Crippen LogP contribution in [0.2, 0.25) is 10.0 Å². The van der Waals surface area contributed by atoms with Crippen molar-refractivity contribution in [2.24, 2.45) is 0 Å². The average molecular weight is 366 g/mol. The highest BCUT2D eigenvalue weighted by atomic mass is 35.5. The average Bonchev–Trinajstić information content (AvgIpc) is 2.82. The summed E-state index contributed by atoms with van der Waals surface area (Å²) in [6.45, 7) is 1.75. The molecule has 1 aromatic heterocycles. The largest absolute Gasteiger partial charge is 0.392 e. The van der Waals surface area contributed by atoms with Gasteiger partial charge in [0.05, 0.1) is 11.6 Å². The van der Waals surface area contributed by atoms with Gasteiger partial charge in [-0.25, -0.2) is 13.1 Å². The Morgan fingerprint density at radius 1 is 1.29 bits per heavy atom. The van der Waals surface area contributed by atoms with Crippen LogP contribution in [0.15, 0.2) is 28.5 Å². The standard InChI is InChI=1S/C13H13Cl2NO3S2/c1-8-2-3-20-12(8)6-16-21(18,19)13-4-9(7-17)10(14)5-11(13)15/h2-5,16-17H,6-7H2,1H3. The minimum atomic E-state index is -3.78.